The maximum absolute atomic E-state index is 10.4. The molecule has 80 valence electrons. The fourth-order valence-corrected chi connectivity index (χ4v) is 1.23. The van der Waals surface area contributed by atoms with E-state index in [0.29, 0.717) is 0 Å². The summed E-state index contributed by atoms with van der Waals surface area (Å²) in [5.41, 5.74) is 1.91. The fourth-order valence-electron chi connectivity index (χ4n) is 1.23. The van der Waals surface area contributed by atoms with Crippen molar-refractivity contribution in [3.05, 3.63) is 41.5 Å². The molecule has 0 amide bonds. The van der Waals surface area contributed by atoms with Gasteiger partial charge >= 0.3 is 5.97 Å². The summed E-state index contributed by atoms with van der Waals surface area (Å²) in [5, 5.41) is 11.6. The predicted octanol–water partition coefficient (Wildman–Crippen LogP) is 1.55. The summed E-state index contributed by atoms with van der Waals surface area (Å²) < 4.78 is 0. The molecule has 3 heteroatoms. The number of hydrogen-bond donors (Lipinski definition) is 2. The third kappa shape index (κ3) is 4.42. The molecule has 0 radical (unpaired) electrons. The smallest absolute Gasteiger partial charge is 0.307 e. The van der Waals surface area contributed by atoms with E-state index in [-0.39, 0.29) is 6.42 Å². The van der Waals surface area contributed by atoms with Gasteiger partial charge in [-0.3, -0.25) is 4.79 Å². The summed E-state index contributed by atoms with van der Waals surface area (Å²) in [5.74, 6) is -0.798. The van der Waals surface area contributed by atoms with E-state index in [0.717, 1.165) is 17.7 Å². The van der Waals surface area contributed by atoms with Crippen molar-refractivity contribution in [1.29, 1.82) is 0 Å². The van der Waals surface area contributed by atoms with Gasteiger partial charge in [-0.25, -0.2) is 0 Å². The lowest BCUT2D eigenvalue weighted by Crippen LogP contribution is -2.03. The van der Waals surface area contributed by atoms with Crippen LogP contribution in [-0.4, -0.2) is 24.7 Å². The molecular formula is C12H15NO2. The summed E-state index contributed by atoms with van der Waals surface area (Å²) in [6.07, 6.45) is 4.10. The average Bonchev–Trinajstić information content (AvgIpc) is 2.20. The highest BCUT2D eigenvalue weighted by atomic mass is 16.4. The first-order valence-electron chi connectivity index (χ1n) is 4.84. The molecule has 15 heavy (non-hydrogen) atoms. The Morgan fingerprint density at radius 2 is 2.07 bits per heavy atom. The first kappa shape index (κ1) is 11.5. The summed E-state index contributed by atoms with van der Waals surface area (Å²) in [4.78, 5) is 10.4. The number of hydrogen-bond acceptors (Lipinski definition) is 2. The van der Waals surface area contributed by atoms with Crippen molar-refractivity contribution in [1.82, 2.24) is 5.32 Å². The molecule has 1 aromatic carbocycles. The number of rotatable bonds is 5. The van der Waals surface area contributed by atoms with Crippen LogP contribution < -0.4 is 5.32 Å². The van der Waals surface area contributed by atoms with Crippen LogP contribution in [0.5, 0.6) is 0 Å². The van der Waals surface area contributed by atoms with Crippen LogP contribution in [0.15, 0.2) is 30.3 Å². The van der Waals surface area contributed by atoms with E-state index < -0.39 is 5.97 Å². The van der Waals surface area contributed by atoms with Crippen LogP contribution in [0.1, 0.15) is 11.1 Å². The van der Waals surface area contributed by atoms with Crippen LogP contribution in [0.3, 0.4) is 0 Å². The van der Waals surface area contributed by atoms with Crippen LogP contribution in [0.2, 0.25) is 0 Å². The molecular weight excluding hydrogens is 190 g/mol. The van der Waals surface area contributed by atoms with E-state index in [2.05, 4.69) is 5.32 Å². The van der Waals surface area contributed by atoms with Gasteiger partial charge in [-0.05, 0) is 18.2 Å². The van der Waals surface area contributed by atoms with Crippen LogP contribution >= 0.6 is 0 Å². The van der Waals surface area contributed by atoms with Crippen LogP contribution in [0.4, 0.5) is 0 Å². The Morgan fingerprint density at radius 1 is 1.40 bits per heavy atom. The van der Waals surface area contributed by atoms with Crippen molar-refractivity contribution in [2.24, 2.45) is 0 Å². The van der Waals surface area contributed by atoms with E-state index in [1.165, 1.54) is 0 Å². The monoisotopic (exact) mass is 205 g/mol. The average molecular weight is 205 g/mol. The highest BCUT2D eigenvalue weighted by Crippen LogP contribution is 2.06. The largest absolute Gasteiger partial charge is 0.481 e. The first-order chi connectivity index (χ1) is 7.22. The second-order valence-electron chi connectivity index (χ2n) is 3.27. The first-order valence-corrected chi connectivity index (χ1v) is 4.84. The van der Waals surface area contributed by atoms with Gasteiger partial charge < -0.3 is 10.4 Å². The molecule has 0 fully saturated rings. The van der Waals surface area contributed by atoms with Crippen molar-refractivity contribution < 1.29 is 9.90 Å². The molecule has 0 bridgehead atoms. The number of likely N-dealkylation sites (N-methyl/N-ethyl adjacent to an activating group) is 1. The van der Waals surface area contributed by atoms with Gasteiger partial charge in [0.25, 0.3) is 0 Å². The number of carboxylic acids is 1. The zero-order chi connectivity index (χ0) is 11.1. The van der Waals surface area contributed by atoms with Gasteiger partial charge in [0.1, 0.15) is 0 Å². The highest BCUT2D eigenvalue weighted by molar-refractivity contribution is 5.70. The topological polar surface area (TPSA) is 49.3 Å². The highest BCUT2D eigenvalue weighted by Gasteiger charge is 1.98. The van der Waals surface area contributed by atoms with Gasteiger partial charge in [-0.2, -0.15) is 0 Å². The SMILES string of the molecule is CNCC=Cc1ccc(CC(=O)O)cc1. The van der Waals surface area contributed by atoms with Crippen molar-refractivity contribution in [2.75, 3.05) is 13.6 Å². The molecule has 0 aliphatic rings. The van der Waals surface area contributed by atoms with E-state index in [9.17, 15) is 4.79 Å². The van der Waals surface area contributed by atoms with Crippen molar-refractivity contribution in [3.8, 4) is 0 Å². The zero-order valence-electron chi connectivity index (χ0n) is 8.73. The van der Waals surface area contributed by atoms with E-state index >= 15 is 0 Å². The van der Waals surface area contributed by atoms with Crippen LogP contribution in [-0.2, 0) is 11.2 Å². The lowest BCUT2D eigenvalue weighted by molar-refractivity contribution is -0.136. The Hall–Kier alpha value is -1.61. The summed E-state index contributed by atoms with van der Waals surface area (Å²) in [6.45, 7) is 0.830. The molecule has 1 aromatic rings. The van der Waals surface area contributed by atoms with Crippen LogP contribution in [0.25, 0.3) is 6.08 Å². The minimum Gasteiger partial charge on any atom is -0.481 e. The van der Waals surface area contributed by atoms with Gasteiger partial charge in [0.15, 0.2) is 0 Å². The minimum atomic E-state index is -0.798. The Bertz CT molecular complexity index is 341. The Balaban J connectivity index is 2.60. The van der Waals surface area contributed by atoms with Crippen molar-refractivity contribution in [2.45, 2.75) is 6.42 Å². The Morgan fingerprint density at radius 3 is 2.60 bits per heavy atom. The molecule has 0 atom stereocenters. The van der Waals surface area contributed by atoms with E-state index in [1.54, 1.807) is 0 Å². The lowest BCUT2D eigenvalue weighted by atomic mass is 10.1. The third-order valence-corrected chi connectivity index (χ3v) is 1.97. The maximum atomic E-state index is 10.4. The maximum Gasteiger partial charge on any atom is 0.307 e. The van der Waals surface area contributed by atoms with Gasteiger partial charge in [0, 0.05) is 6.54 Å². The molecule has 3 nitrogen and oxygen atoms in total. The third-order valence-electron chi connectivity index (χ3n) is 1.97. The number of aliphatic carboxylic acids is 1. The molecule has 0 spiro atoms. The number of carboxylic acid groups (broad SMARTS) is 1. The number of nitrogens with one attached hydrogen (secondary N) is 1. The van der Waals surface area contributed by atoms with Gasteiger partial charge in [-0.15, -0.1) is 0 Å². The summed E-state index contributed by atoms with van der Waals surface area (Å²) in [6, 6.07) is 7.52. The lowest BCUT2D eigenvalue weighted by Gasteiger charge is -1.98. The summed E-state index contributed by atoms with van der Waals surface area (Å²) in [7, 11) is 1.89. The van der Waals surface area contributed by atoms with Gasteiger partial charge in [0.05, 0.1) is 6.42 Å². The van der Waals surface area contributed by atoms with E-state index in [1.807, 2.05) is 43.5 Å². The quantitative estimate of drug-likeness (QED) is 0.766. The minimum absolute atomic E-state index is 0.0838. The Labute approximate surface area is 89.4 Å². The number of benzene rings is 1. The molecule has 2 N–H and O–H groups in total. The Kier molecular flexibility index (Phi) is 4.57. The van der Waals surface area contributed by atoms with Crippen molar-refractivity contribution in [3.63, 3.8) is 0 Å². The molecule has 0 aliphatic heterocycles. The molecule has 0 aliphatic carbocycles. The predicted molar refractivity (Wildman–Crippen MR) is 60.7 cm³/mol. The van der Waals surface area contributed by atoms with Gasteiger partial charge in [0.2, 0.25) is 0 Å². The molecule has 1 rings (SSSR count). The standard InChI is InChI=1S/C12H15NO2/c1-13-8-2-3-10-4-6-11(7-5-10)9-12(14)15/h2-7,13H,8-9H2,1H3,(H,14,15). The number of carbonyl (C=O) groups is 1. The normalized spacial score (nSPS) is 10.7. The van der Waals surface area contributed by atoms with Gasteiger partial charge in [-0.1, -0.05) is 36.4 Å². The van der Waals surface area contributed by atoms with Crippen molar-refractivity contribution >= 4 is 12.0 Å². The summed E-state index contributed by atoms with van der Waals surface area (Å²) >= 11 is 0. The molecule has 0 aromatic heterocycles. The second kappa shape index (κ2) is 5.98. The second-order valence-corrected chi connectivity index (χ2v) is 3.27. The molecule has 0 heterocycles. The van der Waals surface area contributed by atoms with Crippen LogP contribution in [0, 0.1) is 0 Å². The van der Waals surface area contributed by atoms with E-state index in [4.69, 9.17) is 5.11 Å². The zero-order valence-corrected chi connectivity index (χ0v) is 8.73. The molecule has 0 unspecified atom stereocenters. The molecule has 0 saturated heterocycles. The fraction of sp³-hybridized carbons (Fsp3) is 0.250. The molecule has 0 saturated carbocycles.